The summed E-state index contributed by atoms with van der Waals surface area (Å²) in [5.74, 6) is -0.0239. The Labute approximate surface area is 104 Å². The number of H-pyrrole nitrogens is 1. The van der Waals surface area contributed by atoms with Crippen LogP contribution >= 0.6 is 0 Å². The fourth-order valence-corrected chi connectivity index (χ4v) is 2.03. The molecule has 0 aliphatic rings. The maximum atomic E-state index is 11.6. The normalized spacial score (nSPS) is 11.4. The number of sulfonamides is 1. The van der Waals surface area contributed by atoms with Crippen LogP contribution < -0.4 is 9.46 Å². The highest BCUT2D eigenvalue weighted by atomic mass is 32.2. The molecule has 0 fully saturated rings. The van der Waals surface area contributed by atoms with Gasteiger partial charge in [-0.05, 0) is 24.3 Å². The van der Waals surface area contributed by atoms with E-state index in [0.29, 0.717) is 5.75 Å². The van der Waals surface area contributed by atoms with Crippen LogP contribution in [0, 0.1) is 0 Å². The van der Waals surface area contributed by atoms with Crippen molar-refractivity contribution in [1.82, 2.24) is 9.71 Å². The van der Waals surface area contributed by atoms with E-state index in [-0.39, 0.29) is 5.69 Å². The molecule has 0 atom stereocenters. The Kier molecular flexibility index (Phi) is 3.00. The Morgan fingerprint density at radius 3 is 2.67 bits per heavy atom. The molecular weight excluding hydrogens is 256 g/mol. The Balaban J connectivity index is 2.38. The smallest absolute Gasteiger partial charge is 0.281 e. The number of nitrogens with one attached hydrogen (secondary N) is 2. The zero-order chi connectivity index (χ0) is 13.3. The highest BCUT2D eigenvalue weighted by molar-refractivity contribution is 7.89. The molecule has 0 aliphatic carbocycles. The van der Waals surface area contributed by atoms with E-state index in [0.717, 1.165) is 17.2 Å². The number of ether oxygens (including phenoxy) is 1. The lowest BCUT2D eigenvalue weighted by Gasteiger charge is -1.98. The summed E-state index contributed by atoms with van der Waals surface area (Å²) < 4.78 is 28.9. The summed E-state index contributed by atoms with van der Waals surface area (Å²) in [4.78, 5) is 14.5. The van der Waals surface area contributed by atoms with Crippen molar-refractivity contribution in [3.63, 3.8) is 0 Å². The van der Waals surface area contributed by atoms with Gasteiger partial charge in [0, 0.05) is 10.9 Å². The van der Waals surface area contributed by atoms with Crippen LogP contribution in [0.4, 0.5) is 0 Å². The lowest BCUT2D eigenvalue weighted by Crippen LogP contribution is -2.29. The van der Waals surface area contributed by atoms with Gasteiger partial charge in [-0.15, -0.1) is 0 Å². The molecule has 0 saturated heterocycles. The summed E-state index contributed by atoms with van der Waals surface area (Å²) in [5.41, 5.74) is 0.915. The molecule has 1 aromatic heterocycles. The van der Waals surface area contributed by atoms with Crippen LogP contribution in [0.1, 0.15) is 10.5 Å². The molecule has 0 bridgehead atoms. The van der Waals surface area contributed by atoms with Gasteiger partial charge in [-0.25, -0.2) is 13.1 Å². The molecule has 2 aromatic rings. The monoisotopic (exact) mass is 268 g/mol. The third-order valence-corrected chi connectivity index (χ3v) is 2.91. The molecule has 1 heterocycles. The fourth-order valence-electron chi connectivity index (χ4n) is 1.58. The maximum Gasteiger partial charge on any atom is 0.281 e. The number of fused-ring (bicyclic) bond motifs is 1. The number of carbonyl (C=O) groups excluding carboxylic acids is 1. The molecule has 18 heavy (non-hydrogen) atoms. The van der Waals surface area contributed by atoms with Crippen molar-refractivity contribution < 1.29 is 17.9 Å². The van der Waals surface area contributed by atoms with Gasteiger partial charge in [-0.2, -0.15) is 0 Å². The molecule has 96 valence electrons. The van der Waals surface area contributed by atoms with Gasteiger partial charge in [0.2, 0.25) is 10.0 Å². The van der Waals surface area contributed by atoms with Crippen LogP contribution in [0.25, 0.3) is 10.9 Å². The van der Waals surface area contributed by atoms with E-state index in [1.807, 2.05) is 4.72 Å². The van der Waals surface area contributed by atoms with Crippen LogP contribution in [-0.4, -0.2) is 32.7 Å². The van der Waals surface area contributed by atoms with Crippen molar-refractivity contribution in [2.45, 2.75) is 0 Å². The number of aromatic nitrogens is 1. The Bertz CT molecular complexity index is 703. The molecule has 1 aromatic carbocycles. The third-order valence-electron chi connectivity index (χ3n) is 2.35. The van der Waals surface area contributed by atoms with Crippen molar-refractivity contribution in [3.05, 3.63) is 30.0 Å². The summed E-state index contributed by atoms with van der Waals surface area (Å²) in [6.07, 6.45) is 0.927. The van der Waals surface area contributed by atoms with Crippen LogP contribution in [-0.2, 0) is 10.0 Å². The van der Waals surface area contributed by atoms with Crippen LogP contribution in [0.3, 0.4) is 0 Å². The SMILES string of the molecule is COc1ccc2[nH]c(C(=O)NS(C)(=O)=O)cc2c1. The minimum absolute atomic E-state index is 0.184. The molecule has 2 rings (SSSR count). The molecule has 1 amide bonds. The second-order valence-corrected chi connectivity index (χ2v) is 5.59. The molecule has 0 radical (unpaired) electrons. The predicted molar refractivity (Wildman–Crippen MR) is 67.2 cm³/mol. The van der Waals surface area contributed by atoms with Crippen LogP contribution in [0.2, 0.25) is 0 Å². The molecular formula is C11H12N2O4S. The Hall–Kier alpha value is -2.02. The zero-order valence-electron chi connectivity index (χ0n) is 9.85. The first-order chi connectivity index (χ1) is 8.39. The summed E-state index contributed by atoms with van der Waals surface area (Å²) >= 11 is 0. The summed E-state index contributed by atoms with van der Waals surface area (Å²) in [5, 5.41) is 0.771. The van der Waals surface area contributed by atoms with Crippen molar-refractivity contribution in [1.29, 1.82) is 0 Å². The summed E-state index contributed by atoms with van der Waals surface area (Å²) in [6, 6.07) is 6.82. The van der Waals surface area contributed by atoms with Crippen molar-refractivity contribution in [3.8, 4) is 5.75 Å². The number of methoxy groups -OCH3 is 1. The topological polar surface area (TPSA) is 88.3 Å². The Morgan fingerprint density at radius 2 is 2.06 bits per heavy atom. The average molecular weight is 268 g/mol. The highest BCUT2D eigenvalue weighted by Crippen LogP contribution is 2.21. The van der Waals surface area contributed by atoms with Gasteiger partial charge in [-0.1, -0.05) is 0 Å². The first kappa shape index (κ1) is 12.4. The van der Waals surface area contributed by atoms with Gasteiger partial charge in [0.25, 0.3) is 5.91 Å². The third kappa shape index (κ3) is 2.62. The average Bonchev–Trinajstić information content (AvgIpc) is 2.69. The molecule has 0 saturated carbocycles. The molecule has 0 aliphatic heterocycles. The molecule has 2 N–H and O–H groups in total. The second-order valence-electron chi connectivity index (χ2n) is 3.84. The van der Waals surface area contributed by atoms with Gasteiger partial charge in [0.05, 0.1) is 13.4 Å². The second kappa shape index (κ2) is 4.34. The van der Waals surface area contributed by atoms with Crippen LogP contribution in [0.5, 0.6) is 5.75 Å². The van der Waals surface area contributed by atoms with E-state index in [1.165, 1.54) is 0 Å². The number of amides is 1. The number of rotatable bonds is 3. The van der Waals surface area contributed by atoms with Gasteiger partial charge in [0.1, 0.15) is 11.4 Å². The number of benzene rings is 1. The lowest BCUT2D eigenvalue weighted by atomic mass is 10.2. The first-order valence-electron chi connectivity index (χ1n) is 5.08. The first-order valence-corrected chi connectivity index (χ1v) is 6.97. The van der Waals surface area contributed by atoms with Gasteiger partial charge < -0.3 is 9.72 Å². The van der Waals surface area contributed by atoms with E-state index in [9.17, 15) is 13.2 Å². The van der Waals surface area contributed by atoms with E-state index in [4.69, 9.17) is 4.74 Å². The summed E-state index contributed by atoms with van der Waals surface area (Å²) in [6.45, 7) is 0. The number of hydrogen-bond acceptors (Lipinski definition) is 4. The lowest BCUT2D eigenvalue weighted by molar-refractivity contribution is 0.0977. The van der Waals surface area contributed by atoms with Crippen molar-refractivity contribution in [2.75, 3.05) is 13.4 Å². The van der Waals surface area contributed by atoms with Crippen LogP contribution in [0.15, 0.2) is 24.3 Å². The van der Waals surface area contributed by atoms with Gasteiger partial charge in [0.15, 0.2) is 0 Å². The van der Waals surface area contributed by atoms with Crippen molar-refractivity contribution >= 4 is 26.8 Å². The summed E-state index contributed by atoms with van der Waals surface area (Å²) in [7, 11) is -2.02. The maximum absolute atomic E-state index is 11.6. The van der Waals surface area contributed by atoms with E-state index in [2.05, 4.69) is 4.98 Å². The van der Waals surface area contributed by atoms with E-state index >= 15 is 0 Å². The Morgan fingerprint density at radius 1 is 1.33 bits per heavy atom. The van der Waals surface area contributed by atoms with Crippen molar-refractivity contribution in [2.24, 2.45) is 0 Å². The van der Waals surface area contributed by atoms with Gasteiger partial charge >= 0.3 is 0 Å². The van der Waals surface area contributed by atoms with Gasteiger partial charge in [-0.3, -0.25) is 4.79 Å². The molecule has 0 spiro atoms. The highest BCUT2D eigenvalue weighted by Gasteiger charge is 2.13. The standard InChI is InChI=1S/C11H12N2O4S/c1-17-8-3-4-9-7(5-8)6-10(12-9)11(14)13-18(2,15)16/h3-6,12H,1-2H3,(H,13,14). The number of aromatic amines is 1. The zero-order valence-corrected chi connectivity index (χ0v) is 10.7. The minimum Gasteiger partial charge on any atom is -0.497 e. The quantitative estimate of drug-likeness (QED) is 0.864. The largest absolute Gasteiger partial charge is 0.497 e. The number of hydrogen-bond donors (Lipinski definition) is 2. The molecule has 7 heteroatoms. The number of carbonyl (C=O) groups is 1. The minimum atomic E-state index is -3.57. The predicted octanol–water partition coefficient (Wildman–Crippen LogP) is 0.866. The molecule has 0 unspecified atom stereocenters. The van der Waals surface area contributed by atoms with E-state index < -0.39 is 15.9 Å². The van der Waals surface area contributed by atoms with E-state index in [1.54, 1.807) is 31.4 Å². The molecule has 6 nitrogen and oxygen atoms in total. The fraction of sp³-hybridized carbons (Fsp3) is 0.182.